The highest BCUT2D eigenvalue weighted by atomic mass is 16.1. The molecule has 0 spiro atoms. The smallest absolute Gasteiger partial charge is 0.243 e. The monoisotopic (exact) mass is 246 g/mol. The van der Waals surface area contributed by atoms with E-state index in [1.54, 1.807) is 0 Å². The number of benzene rings is 1. The number of carbonyl (C=O) groups excluding carboxylic acids is 1. The molecule has 0 radical (unpaired) electrons. The zero-order chi connectivity index (χ0) is 13.8. The molecule has 98 valence electrons. The molecule has 1 amide bonds. The lowest BCUT2D eigenvalue weighted by Crippen LogP contribution is -2.33. The molecule has 3 heteroatoms. The summed E-state index contributed by atoms with van der Waals surface area (Å²) in [6.45, 7) is 9.44. The Labute approximate surface area is 109 Å². The Morgan fingerprint density at radius 1 is 1.50 bits per heavy atom. The molecular formula is C15H22N2O. The highest BCUT2D eigenvalue weighted by Crippen LogP contribution is 2.27. The van der Waals surface area contributed by atoms with E-state index in [1.807, 2.05) is 45.0 Å². The molecule has 0 aliphatic heterocycles. The third kappa shape index (κ3) is 3.44. The third-order valence-electron chi connectivity index (χ3n) is 2.94. The minimum atomic E-state index is -0.428. The standard InChI is InChI=1S/C15H22N2O/c1-5-13(17-14(18)6-2)11-9-7-8-10-12(11)15(3,4)16/h6-10,13H,2,5,16H2,1,3-4H3,(H,17,18). The van der Waals surface area contributed by atoms with E-state index in [2.05, 4.69) is 11.9 Å². The van der Waals surface area contributed by atoms with Crippen LogP contribution in [0.15, 0.2) is 36.9 Å². The van der Waals surface area contributed by atoms with Crippen LogP contribution in [0.25, 0.3) is 0 Å². The third-order valence-corrected chi connectivity index (χ3v) is 2.94. The van der Waals surface area contributed by atoms with Gasteiger partial charge in [-0.05, 0) is 37.5 Å². The van der Waals surface area contributed by atoms with Crippen molar-refractivity contribution in [1.29, 1.82) is 0 Å². The fraction of sp³-hybridized carbons (Fsp3) is 0.400. The molecule has 3 nitrogen and oxygen atoms in total. The summed E-state index contributed by atoms with van der Waals surface area (Å²) in [5.41, 5.74) is 7.88. The van der Waals surface area contributed by atoms with E-state index in [0.29, 0.717) is 0 Å². The zero-order valence-corrected chi connectivity index (χ0v) is 11.4. The average Bonchev–Trinajstić information content (AvgIpc) is 2.34. The maximum Gasteiger partial charge on any atom is 0.243 e. The van der Waals surface area contributed by atoms with Gasteiger partial charge in [0.05, 0.1) is 6.04 Å². The SMILES string of the molecule is C=CC(=O)NC(CC)c1ccccc1C(C)(C)N. The summed E-state index contributed by atoms with van der Waals surface area (Å²) in [5, 5.41) is 2.93. The summed E-state index contributed by atoms with van der Waals surface area (Å²) in [4.78, 5) is 11.5. The van der Waals surface area contributed by atoms with Gasteiger partial charge in [-0.15, -0.1) is 0 Å². The van der Waals surface area contributed by atoms with E-state index >= 15 is 0 Å². The molecule has 1 atom stereocenters. The Balaban J connectivity index is 3.13. The highest BCUT2D eigenvalue weighted by molar-refractivity contribution is 5.87. The van der Waals surface area contributed by atoms with E-state index in [4.69, 9.17) is 5.73 Å². The fourth-order valence-corrected chi connectivity index (χ4v) is 2.02. The fourth-order valence-electron chi connectivity index (χ4n) is 2.02. The molecular weight excluding hydrogens is 224 g/mol. The lowest BCUT2D eigenvalue weighted by atomic mass is 9.87. The molecule has 0 saturated heterocycles. The van der Waals surface area contributed by atoms with Crippen molar-refractivity contribution in [3.05, 3.63) is 48.0 Å². The molecule has 0 fully saturated rings. The first-order valence-corrected chi connectivity index (χ1v) is 6.21. The number of amides is 1. The van der Waals surface area contributed by atoms with E-state index < -0.39 is 5.54 Å². The van der Waals surface area contributed by atoms with Crippen LogP contribution in [0, 0.1) is 0 Å². The predicted octanol–water partition coefficient (Wildman–Crippen LogP) is 2.63. The molecule has 0 aliphatic rings. The van der Waals surface area contributed by atoms with Crippen LogP contribution in [0.3, 0.4) is 0 Å². The van der Waals surface area contributed by atoms with Crippen molar-refractivity contribution in [3.8, 4) is 0 Å². The van der Waals surface area contributed by atoms with Crippen molar-refractivity contribution in [2.24, 2.45) is 5.73 Å². The molecule has 1 rings (SSSR count). The number of hydrogen-bond acceptors (Lipinski definition) is 2. The van der Waals surface area contributed by atoms with Crippen molar-refractivity contribution in [2.75, 3.05) is 0 Å². The topological polar surface area (TPSA) is 55.1 Å². The predicted molar refractivity (Wildman–Crippen MR) is 75.0 cm³/mol. The number of rotatable bonds is 5. The van der Waals surface area contributed by atoms with Gasteiger partial charge in [0, 0.05) is 5.54 Å². The Morgan fingerprint density at radius 2 is 2.11 bits per heavy atom. The molecule has 0 aliphatic carbocycles. The van der Waals surface area contributed by atoms with Crippen LogP contribution in [0.1, 0.15) is 44.4 Å². The normalized spacial score (nSPS) is 12.9. The van der Waals surface area contributed by atoms with Crippen LogP contribution in [-0.2, 0) is 10.3 Å². The minimum absolute atomic E-state index is 0.0328. The molecule has 3 N–H and O–H groups in total. The number of hydrogen-bond donors (Lipinski definition) is 2. The Kier molecular flexibility index (Phi) is 4.68. The van der Waals surface area contributed by atoms with Gasteiger partial charge < -0.3 is 11.1 Å². The van der Waals surface area contributed by atoms with Gasteiger partial charge in [0.2, 0.25) is 5.91 Å². The lowest BCUT2D eigenvalue weighted by Gasteiger charge is -2.27. The maximum atomic E-state index is 11.5. The number of carbonyl (C=O) groups is 1. The van der Waals surface area contributed by atoms with Crippen LogP contribution in [0.2, 0.25) is 0 Å². The summed E-state index contributed by atoms with van der Waals surface area (Å²) in [5.74, 6) is -0.161. The van der Waals surface area contributed by atoms with E-state index in [0.717, 1.165) is 17.5 Å². The summed E-state index contributed by atoms with van der Waals surface area (Å²) in [7, 11) is 0. The summed E-state index contributed by atoms with van der Waals surface area (Å²) in [6, 6.07) is 7.93. The van der Waals surface area contributed by atoms with Crippen LogP contribution < -0.4 is 11.1 Å². The maximum absolute atomic E-state index is 11.5. The molecule has 0 heterocycles. The molecule has 18 heavy (non-hydrogen) atoms. The Hall–Kier alpha value is -1.61. The van der Waals surface area contributed by atoms with Crippen molar-refractivity contribution >= 4 is 5.91 Å². The van der Waals surface area contributed by atoms with Crippen LogP contribution in [0.5, 0.6) is 0 Å². The van der Waals surface area contributed by atoms with Gasteiger partial charge in [-0.25, -0.2) is 0 Å². The van der Waals surface area contributed by atoms with Gasteiger partial charge >= 0.3 is 0 Å². The van der Waals surface area contributed by atoms with E-state index in [-0.39, 0.29) is 11.9 Å². The number of nitrogens with two attached hydrogens (primary N) is 1. The quantitative estimate of drug-likeness (QED) is 0.785. The van der Waals surface area contributed by atoms with Crippen LogP contribution in [-0.4, -0.2) is 5.91 Å². The molecule has 0 bridgehead atoms. The number of nitrogens with one attached hydrogen (secondary N) is 1. The lowest BCUT2D eigenvalue weighted by molar-refractivity contribution is -0.117. The van der Waals surface area contributed by atoms with Gasteiger partial charge in [0.1, 0.15) is 0 Å². The summed E-state index contributed by atoms with van der Waals surface area (Å²) < 4.78 is 0. The first-order chi connectivity index (χ1) is 8.40. The van der Waals surface area contributed by atoms with Crippen LogP contribution in [0.4, 0.5) is 0 Å². The molecule has 0 aromatic heterocycles. The van der Waals surface area contributed by atoms with Gasteiger partial charge in [0.25, 0.3) is 0 Å². The van der Waals surface area contributed by atoms with Gasteiger partial charge in [0.15, 0.2) is 0 Å². The van der Waals surface area contributed by atoms with Gasteiger partial charge in [-0.1, -0.05) is 37.8 Å². The largest absolute Gasteiger partial charge is 0.346 e. The first kappa shape index (κ1) is 14.5. The first-order valence-electron chi connectivity index (χ1n) is 6.21. The van der Waals surface area contributed by atoms with E-state index in [9.17, 15) is 4.79 Å². The Bertz CT molecular complexity index is 432. The Morgan fingerprint density at radius 3 is 2.61 bits per heavy atom. The average molecular weight is 246 g/mol. The van der Waals surface area contributed by atoms with Crippen molar-refractivity contribution in [2.45, 2.75) is 38.8 Å². The van der Waals surface area contributed by atoms with Gasteiger partial charge in [-0.3, -0.25) is 4.79 Å². The second-order valence-corrected chi connectivity index (χ2v) is 4.98. The van der Waals surface area contributed by atoms with Crippen molar-refractivity contribution in [1.82, 2.24) is 5.32 Å². The molecule has 0 saturated carbocycles. The molecule has 1 unspecified atom stereocenters. The second-order valence-electron chi connectivity index (χ2n) is 4.98. The highest BCUT2D eigenvalue weighted by Gasteiger charge is 2.22. The zero-order valence-electron chi connectivity index (χ0n) is 11.4. The summed E-state index contributed by atoms with van der Waals surface area (Å²) >= 11 is 0. The van der Waals surface area contributed by atoms with Crippen molar-refractivity contribution in [3.63, 3.8) is 0 Å². The molecule has 1 aromatic carbocycles. The molecule has 1 aromatic rings. The van der Waals surface area contributed by atoms with Crippen LogP contribution >= 0.6 is 0 Å². The van der Waals surface area contributed by atoms with E-state index in [1.165, 1.54) is 6.08 Å². The summed E-state index contributed by atoms with van der Waals surface area (Å²) in [6.07, 6.45) is 2.10. The van der Waals surface area contributed by atoms with Gasteiger partial charge in [-0.2, -0.15) is 0 Å². The van der Waals surface area contributed by atoms with Crippen molar-refractivity contribution < 1.29 is 4.79 Å². The minimum Gasteiger partial charge on any atom is -0.346 e. The second kappa shape index (κ2) is 5.83.